The molecule has 2 fully saturated rings. The van der Waals surface area contributed by atoms with Crippen LogP contribution >= 0.6 is 0 Å². The summed E-state index contributed by atoms with van der Waals surface area (Å²) in [4.78, 5) is 16.5. The Hall–Kier alpha value is -1.47. The van der Waals surface area contributed by atoms with Crippen LogP contribution in [0.4, 0.5) is 0 Å². The topological polar surface area (TPSA) is 74.5 Å². The molecule has 1 amide bonds. The predicted octanol–water partition coefficient (Wildman–Crippen LogP) is 1.15. The van der Waals surface area contributed by atoms with Gasteiger partial charge in [0.1, 0.15) is 11.3 Å². The maximum Gasteiger partial charge on any atom is 0.236 e. The Morgan fingerprint density at radius 1 is 1.25 bits per heavy atom. The van der Waals surface area contributed by atoms with Gasteiger partial charge in [-0.25, -0.2) is 4.68 Å². The minimum atomic E-state index is -0.994. The van der Waals surface area contributed by atoms with E-state index in [4.69, 9.17) is 0 Å². The number of carbonyl (C=O) groups excluding carboxylic acids is 1. The summed E-state index contributed by atoms with van der Waals surface area (Å²) >= 11 is 0. The van der Waals surface area contributed by atoms with Gasteiger partial charge in [-0.3, -0.25) is 9.69 Å². The second-order valence-corrected chi connectivity index (χ2v) is 7.46. The van der Waals surface area contributed by atoms with Crippen molar-refractivity contribution in [2.75, 3.05) is 32.7 Å². The Bertz CT molecular complexity index is 565. The van der Waals surface area contributed by atoms with Crippen LogP contribution in [0.25, 0.3) is 0 Å². The Labute approximate surface area is 143 Å². The molecule has 1 atom stereocenters. The monoisotopic (exact) mass is 335 g/mol. The Morgan fingerprint density at radius 3 is 2.58 bits per heavy atom. The third kappa shape index (κ3) is 3.78. The fourth-order valence-corrected chi connectivity index (χ4v) is 3.57. The highest BCUT2D eigenvalue weighted by Gasteiger charge is 2.41. The molecule has 1 aromatic rings. The molecule has 0 saturated carbocycles. The molecular formula is C17H29N5O2. The molecule has 2 aliphatic rings. The zero-order chi connectivity index (χ0) is 17.2. The van der Waals surface area contributed by atoms with Gasteiger partial charge >= 0.3 is 0 Å². The first kappa shape index (κ1) is 17.4. The molecule has 134 valence electrons. The van der Waals surface area contributed by atoms with Crippen molar-refractivity contribution in [2.24, 2.45) is 0 Å². The van der Waals surface area contributed by atoms with Gasteiger partial charge in [0, 0.05) is 32.2 Å². The van der Waals surface area contributed by atoms with Crippen molar-refractivity contribution in [1.29, 1.82) is 0 Å². The zero-order valence-corrected chi connectivity index (χ0v) is 14.8. The Morgan fingerprint density at radius 2 is 1.96 bits per heavy atom. The standard InChI is InChI=1S/C17H29N5O2/c1-14(2)22-11-15(18-19-22)17(24)7-10-20(13-17)12-16(23)21-8-5-3-4-6-9-21/h11,14,24H,3-10,12-13H2,1-2H3. The lowest BCUT2D eigenvalue weighted by molar-refractivity contribution is -0.132. The van der Waals surface area contributed by atoms with Crippen LogP contribution in [0.15, 0.2) is 6.20 Å². The van der Waals surface area contributed by atoms with Crippen LogP contribution in [0.2, 0.25) is 0 Å². The van der Waals surface area contributed by atoms with E-state index >= 15 is 0 Å². The van der Waals surface area contributed by atoms with Crippen LogP contribution in [-0.2, 0) is 10.4 Å². The number of nitrogens with zero attached hydrogens (tertiary/aromatic N) is 5. The lowest BCUT2D eigenvalue weighted by atomic mass is 10.00. The number of hydrogen-bond acceptors (Lipinski definition) is 5. The number of likely N-dealkylation sites (tertiary alicyclic amines) is 2. The van der Waals surface area contributed by atoms with E-state index in [9.17, 15) is 9.90 Å². The van der Waals surface area contributed by atoms with Crippen molar-refractivity contribution >= 4 is 5.91 Å². The van der Waals surface area contributed by atoms with Gasteiger partial charge in [0.2, 0.25) is 5.91 Å². The SMILES string of the molecule is CC(C)n1cc(C2(O)CCN(CC(=O)N3CCCCCC3)C2)nn1. The second-order valence-electron chi connectivity index (χ2n) is 7.46. The first-order chi connectivity index (χ1) is 11.5. The lowest BCUT2D eigenvalue weighted by Crippen LogP contribution is -2.41. The van der Waals surface area contributed by atoms with Crippen molar-refractivity contribution in [3.8, 4) is 0 Å². The average molecular weight is 335 g/mol. The number of carbonyl (C=O) groups is 1. The summed E-state index contributed by atoms with van der Waals surface area (Å²) in [6, 6.07) is 0.219. The number of β-amino-alcohol motifs (C(OH)–C–C–N with tert-alkyl or cyclic N) is 1. The fourth-order valence-electron chi connectivity index (χ4n) is 3.57. The predicted molar refractivity (Wildman–Crippen MR) is 90.4 cm³/mol. The highest BCUT2D eigenvalue weighted by atomic mass is 16.3. The zero-order valence-electron chi connectivity index (χ0n) is 14.8. The van der Waals surface area contributed by atoms with E-state index < -0.39 is 5.60 Å². The van der Waals surface area contributed by atoms with Crippen molar-refractivity contribution < 1.29 is 9.90 Å². The maximum absolute atomic E-state index is 12.5. The summed E-state index contributed by atoms with van der Waals surface area (Å²) in [7, 11) is 0. The van der Waals surface area contributed by atoms with Gasteiger partial charge in [-0.2, -0.15) is 0 Å². The van der Waals surface area contributed by atoms with Gasteiger partial charge in [-0.1, -0.05) is 18.1 Å². The third-order valence-electron chi connectivity index (χ3n) is 5.16. The number of aliphatic hydroxyl groups is 1. The van der Waals surface area contributed by atoms with Gasteiger partial charge in [0.15, 0.2) is 0 Å². The van der Waals surface area contributed by atoms with Crippen molar-refractivity contribution in [2.45, 2.75) is 57.6 Å². The molecule has 24 heavy (non-hydrogen) atoms. The van der Waals surface area contributed by atoms with Crippen LogP contribution in [-0.4, -0.2) is 68.5 Å². The van der Waals surface area contributed by atoms with E-state index in [2.05, 4.69) is 10.3 Å². The van der Waals surface area contributed by atoms with E-state index in [1.807, 2.05) is 29.8 Å². The molecule has 0 aliphatic carbocycles. The van der Waals surface area contributed by atoms with Crippen LogP contribution in [0.3, 0.4) is 0 Å². The molecule has 7 nitrogen and oxygen atoms in total. The summed E-state index contributed by atoms with van der Waals surface area (Å²) in [5.74, 6) is 0.187. The van der Waals surface area contributed by atoms with Gasteiger partial charge in [0.25, 0.3) is 0 Å². The Balaban J connectivity index is 1.58. The molecule has 0 spiro atoms. The number of amides is 1. The number of aromatic nitrogens is 3. The highest BCUT2D eigenvalue weighted by Crippen LogP contribution is 2.30. The molecular weight excluding hydrogens is 306 g/mol. The van der Waals surface area contributed by atoms with Crippen LogP contribution in [0.5, 0.6) is 0 Å². The number of hydrogen-bond donors (Lipinski definition) is 1. The Kier molecular flexibility index (Phi) is 5.20. The van der Waals surface area contributed by atoms with Crippen LogP contribution < -0.4 is 0 Å². The van der Waals surface area contributed by atoms with Gasteiger partial charge in [0.05, 0.1) is 12.7 Å². The quantitative estimate of drug-likeness (QED) is 0.893. The molecule has 2 aliphatic heterocycles. The van der Waals surface area contributed by atoms with Crippen molar-refractivity contribution in [3.63, 3.8) is 0 Å². The van der Waals surface area contributed by atoms with Gasteiger partial charge in [-0.05, 0) is 33.1 Å². The normalized spacial score (nSPS) is 26.1. The molecule has 1 aromatic heterocycles. The molecule has 2 saturated heterocycles. The third-order valence-corrected chi connectivity index (χ3v) is 5.16. The van der Waals surface area contributed by atoms with E-state index in [1.54, 1.807) is 4.68 Å². The van der Waals surface area contributed by atoms with E-state index in [-0.39, 0.29) is 11.9 Å². The highest BCUT2D eigenvalue weighted by molar-refractivity contribution is 5.78. The van der Waals surface area contributed by atoms with E-state index in [0.29, 0.717) is 31.7 Å². The largest absolute Gasteiger partial charge is 0.382 e. The summed E-state index contributed by atoms with van der Waals surface area (Å²) in [6.45, 7) is 7.36. The van der Waals surface area contributed by atoms with E-state index in [0.717, 1.165) is 25.9 Å². The summed E-state index contributed by atoms with van der Waals surface area (Å²) in [5, 5.41) is 19.2. The molecule has 3 rings (SSSR count). The molecule has 1 N–H and O–H groups in total. The van der Waals surface area contributed by atoms with Crippen molar-refractivity contribution in [1.82, 2.24) is 24.8 Å². The average Bonchev–Trinajstić information content (AvgIpc) is 3.08. The van der Waals surface area contributed by atoms with Crippen LogP contribution in [0.1, 0.15) is 57.7 Å². The van der Waals surface area contributed by atoms with Gasteiger partial charge in [-0.15, -0.1) is 5.10 Å². The summed E-state index contributed by atoms with van der Waals surface area (Å²) < 4.78 is 1.76. The second kappa shape index (κ2) is 7.19. The molecule has 0 bridgehead atoms. The van der Waals surface area contributed by atoms with Crippen LogP contribution in [0, 0.1) is 0 Å². The van der Waals surface area contributed by atoms with Crippen molar-refractivity contribution in [3.05, 3.63) is 11.9 Å². The molecule has 1 unspecified atom stereocenters. The first-order valence-corrected chi connectivity index (χ1v) is 9.13. The first-order valence-electron chi connectivity index (χ1n) is 9.13. The molecule has 0 radical (unpaired) electrons. The summed E-state index contributed by atoms with van der Waals surface area (Å²) in [6.07, 6.45) is 7.07. The van der Waals surface area contributed by atoms with Gasteiger partial charge < -0.3 is 10.0 Å². The molecule has 7 heteroatoms. The molecule has 0 aromatic carbocycles. The van der Waals surface area contributed by atoms with E-state index in [1.165, 1.54) is 12.8 Å². The molecule has 3 heterocycles. The summed E-state index contributed by atoms with van der Waals surface area (Å²) in [5.41, 5.74) is -0.382. The lowest BCUT2D eigenvalue weighted by Gasteiger charge is -2.25. The minimum absolute atomic E-state index is 0.187. The number of rotatable bonds is 4. The smallest absolute Gasteiger partial charge is 0.236 e. The maximum atomic E-state index is 12.5. The minimum Gasteiger partial charge on any atom is -0.382 e. The fraction of sp³-hybridized carbons (Fsp3) is 0.824.